The Labute approximate surface area is 179 Å². The Bertz CT molecular complexity index is 1130. The van der Waals surface area contributed by atoms with Crippen LogP contribution in [0.1, 0.15) is 10.4 Å². The number of ether oxygens (including phenoxy) is 1. The molecule has 0 spiro atoms. The smallest absolute Gasteiger partial charge is 0.257 e. The molecule has 0 saturated carbocycles. The maximum atomic E-state index is 12.6. The van der Waals surface area contributed by atoms with Crippen LogP contribution in [-0.4, -0.2) is 10.9 Å². The van der Waals surface area contributed by atoms with Crippen molar-refractivity contribution < 1.29 is 9.53 Å². The molecular weight excluding hydrogens is 435 g/mol. The molecule has 28 heavy (non-hydrogen) atoms. The molecule has 0 aliphatic carbocycles. The third-order valence-electron chi connectivity index (χ3n) is 3.73. The van der Waals surface area contributed by atoms with Gasteiger partial charge in [-0.25, -0.2) is 4.98 Å². The number of aromatic nitrogens is 1. The molecule has 1 amide bonds. The number of anilines is 1. The Morgan fingerprint density at radius 1 is 1.00 bits per heavy atom. The molecule has 8 heteroatoms. The molecule has 2 aromatic heterocycles. The number of hydrogen-bond donors (Lipinski definition) is 1. The number of amides is 1. The second kappa shape index (κ2) is 8.32. The predicted molar refractivity (Wildman–Crippen MR) is 116 cm³/mol. The van der Waals surface area contributed by atoms with Gasteiger partial charge in [-0.15, -0.1) is 22.7 Å². The minimum absolute atomic E-state index is 0.270. The highest BCUT2D eigenvalue weighted by atomic mass is 35.5. The second-order valence-corrected chi connectivity index (χ2v) is 8.82. The summed E-state index contributed by atoms with van der Waals surface area (Å²) in [5.41, 5.74) is 1.91. The molecule has 4 rings (SSSR count). The number of para-hydroxylation sites is 1. The number of nitrogens with one attached hydrogen (secondary N) is 1. The van der Waals surface area contributed by atoms with Gasteiger partial charge in [0.25, 0.3) is 5.91 Å². The van der Waals surface area contributed by atoms with Crippen molar-refractivity contribution >= 4 is 56.9 Å². The fraction of sp³-hybridized carbons (Fsp3) is 0. The first kappa shape index (κ1) is 19.0. The van der Waals surface area contributed by atoms with E-state index in [2.05, 4.69) is 10.3 Å². The molecule has 0 aliphatic heterocycles. The van der Waals surface area contributed by atoms with Crippen LogP contribution >= 0.6 is 45.9 Å². The zero-order valence-corrected chi connectivity index (χ0v) is 17.3. The molecule has 1 N–H and O–H groups in total. The zero-order valence-electron chi connectivity index (χ0n) is 14.2. The van der Waals surface area contributed by atoms with Crippen LogP contribution in [0.4, 0.5) is 5.13 Å². The molecule has 0 fully saturated rings. The van der Waals surface area contributed by atoms with Gasteiger partial charge in [0, 0.05) is 16.5 Å². The van der Waals surface area contributed by atoms with Crippen LogP contribution in [0.5, 0.6) is 11.5 Å². The fourth-order valence-electron chi connectivity index (χ4n) is 2.46. The lowest BCUT2D eigenvalue weighted by Gasteiger charge is -2.07. The summed E-state index contributed by atoms with van der Waals surface area (Å²) in [5, 5.41) is 5.11. The highest BCUT2D eigenvalue weighted by Crippen LogP contribution is 2.39. The highest BCUT2D eigenvalue weighted by molar-refractivity contribution is 7.20. The Balaban J connectivity index is 1.48. The van der Waals surface area contributed by atoms with Gasteiger partial charge in [0.15, 0.2) is 5.13 Å². The summed E-state index contributed by atoms with van der Waals surface area (Å²) in [6.07, 6.45) is 0. The number of thiophene rings is 1. The van der Waals surface area contributed by atoms with Crippen molar-refractivity contribution in [3.8, 4) is 22.8 Å². The Kier molecular flexibility index (Phi) is 5.64. The van der Waals surface area contributed by atoms with Crippen molar-refractivity contribution in [3.63, 3.8) is 0 Å². The second-order valence-electron chi connectivity index (χ2n) is 5.67. The minimum Gasteiger partial charge on any atom is -0.457 e. The molecule has 0 unspecified atom stereocenters. The van der Waals surface area contributed by atoms with Crippen LogP contribution in [0, 0.1) is 0 Å². The standard InChI is InChI=1S/C20H12Cl2N2O2S2/c21-17-10-15(18(22)28-17)16-11-27-20(23-16)24-19(25)12-5-4-8-14(9-12)26-13-6-2-1-3-7-13/h1-11H,(H,23,24,25). The molecule has 0 radical (unpaired) electrons. The molecule has 2 aromatic carbocycles. The first-order valence-electron chi connectivity index (χ1n) is 8.13. The van der Waals surface area contributed by atoms with E-state index >= 15 is 0 Å². The summed E-state index contributed by atoms with van der Waals surface area (Å²) in [4.78, 5) is 17.0. The minimum atomic E-state index is -0.270. The lowest BCUT2D eigenvalue weighted by atomic mass is 10.2. The first-order valence-corrected chi connectivity index (χ1v) is 10.6. The maximum absolute atomic E-state index is 12.6. The number of thiazole rings is 1. The third kappa shape index (κ3) is 4.36. The van der Waals surface area contributed by atoms with Gasteiger partial charge in [-0.2, -0.15) is 0 Å². The van der Waals surface area contributed by atoms with Crippen LogP contribution in [-0.2, 0) is 0 Å². The van der Waals surface area contributed by atoms with Gasteiger partial charge in [0.05, 0.1) is 10.0 Å². The van der Waals surface area contributed by atoms with Gasteiger partial charge in [0.1, 0.15) is 15.8 Å². The summed E-state index contributed by atoms with van der Waals surface area (Å²) < 4.78 is 6.94. The predicted octanol–water partition coefficient (Wildman–Crippen LogP) is 7.22. The van der Waals surface area contributed by atoms with E-state index in [0.29, 0.717) is 36.6 Å². The van der Waals surface area contributed by atoms with E-state index in [1.165, 1.54) is 22.7 Å². The molecule has 4 nitrogen and oxygen atoms in total. The summed E-state index contributed by atoms with van der Waals surface area (Å²) in [6.45, 7) is 0. The number of rotatable bonds is 5. The molecule has 0 aliphatic rings. The number of nitrogens with zero attached hydrogens (tertiary/aromatic N) is 1. The van der Waals surface area contributed by atoms with E-state index in [-0.39, 0.29) is 5.91 Å². The van der Waals surface area contributed by atoms with Crippen molar-refractivity contribution in [1.82, 2.24) is 4.98 Å². The van der Waals surface area contributed by atoms with E-state index in [0.717, 1.165) is 5.56 Å². The van der Waals surface area contributed by atoms with Gasteiger partial charge in [-0.3, -0.25) is 10.1 Å². The van der Waals surface area contributed by atoms with Crippen molar-refractivity contribution in [1.29, 1.82) is 0 Å². The van der Waals surface area contributed by atoms with Crippen LogP contribution in [0.25, 0.3) is 11.3 Å². The van der Waals surface area contributed by atoms with Crippen LogP contribution in [0.3, 0.4) is 0 Å². The summed E-state index contributed by atoms with van der Waals surface area (Å²) in [7, 11) is 0. The monoisotopic (exact) mass is 446 g/mol. The SMILES string of the molecule is O=C(Nc1nc(-c2cc(Cl)sc2Cl)cs1)c1cccc(Oc2ccccc2)c1. The van der Waals surface area contributed by atoms with E-state index in [1.54, 1.807) is 30.3 Å². The van der Waals surface area contributed by atoms with Crippen LogP contribution in [0.2, 0.25) is 8.67 Å². The molecular formula is C20H12Cl2N2O2S2. The van der Waals surface area contributed by atoms with Crippen LogP contribution in [0.15, 0.2) is 66.0 Å². The number of carbonyl (C=O) groups excluding carboxylic acids is 1. The number of hydrogen-bond acceptors (Lipinski definition) is 5. The fourth-order valence-corrected chi connectivity index (χ4v) is 4.65. The van der Waals surface area contributed by atoms with E-state index < -0.39 is 0 Å². The number of carbonyl (C=O) groups is 1. The molecule has 0 bridgehead atoms. The molecule has 0 atom stereocenters. The Morgan fingerprint density at radius 3 is 2.54 bits per heavy atom. The first-order chi connectivity index (χ1) is 13.6. The van der Waals surface area contributed by atoms with Gasteiger partial charge in [0.2, 0.25) is 0 Å². The topological polar surface area (TPSA) is 51.2 Å². The highest BCUT2D eigenvalue weighted by Gasteiger charge is 2.14. The van der Waals surface area contributed by atoms with Crippen molar-refractivity contribution in [3.05, 3.63) is 80.3 Å². The van der Waals surface area contributed by atoms with Gasteiger partial charge in [-0.1, -0.05) is 47.5 Å². The average Bonchev–Trinajstić information content (AvgIpc) is 3.28. The largest absolute Gasteiger partial charge is 0.457 e. The van der Waals surface area contributed by atoms with E-state index in [4.69, 9.17) is 27.9 Å². The lowest BCUT2D eigenvalue weighted by Crippen LogP contribution is -2.11. The van der Waals surface area contributed by atoms with Crippen molar-refractivity contribution in [2.24, 2.45) is 0 Å². The molecule has 0 saturated heterocycles. The van der Waals surface area contributed by atoms with Gasteiger partial charge >= 0.3 is 0 Å². The molecule has 4 aromatic rings. The quantitative estimate of drug-likeness (QED) is 0.351. The molecule has 140 valence electrons. The average molecular weight is 447 g/mol. The summed E-state index contributed by atoms with van der Waals surface area (Å²) in [6, 6.07) is 18.1. The van der Waals surface area contributed by atoms with Crippen molar-refractivity contribution in [2.75, 3.05) is 5.32 Å². The van der Waals surface area contributed by atoms with Crippen molar-refractivity contribution in [2.45, 2.75) is 0 Å². The lowest BCUT2D eigenvalue weighted by molar-refractivity contribution is 0.102. The van der Waals surface area contributed by atoms with Crippen LogP contribution < -0.4 is 10.1 Å². The maximum Gasteiger partial charge on any atom is 0.257 e. The van der Waals surface area contributed by atoms with Gasteiger partial charge < -0.3 is 4.74 Å². The Morgan fingerprint density at radius 2 is 1.79 bits per heavy atom. The van der Waals surface area contributed by atoms with Gasteiger partial charge in [-0.05, 0) is 36.4 Å². The number of halogens is 2. The Hall–Kier alpha value is -2.38. The normalized spacial score (nSPS) is 10.6. The van der Waals surface area contributed by atoms with E-state index in [9.17, 15) is 4.79 Å². The third-order valence-corrected chi connectivity index (χ3v) is 5.98. The summed E-state index contributed by atoms with van der Waals surface area (Å²) >= 11 is 14.8. The summed E-state index contributed by atoms with van der Waals surface area (Å²) in [5.74, 6) is 1.02. The molecule has 2 heterocycles. The zero-order chi connectivity index (χ0) is 19.5. The number of benzene rings is 2. The van der Waals surface area contributed by atoms with E-state index in [1.807, 2.05) is 35.7 Å².